The largest absolute Gasteiger partial charge is 0.260 e. The van der Waals surface area contributed by atoms with Crippen LogP contribution in [-0.2, 0) is 7.05 Å². The van der Waals surface area contributed by atoms with Gasteiger partial charge >= 0.3 is 0 Å². The van der Waals surface area contributed by atoms with E-state index in [9.17, 15) is 0 Å². The number of hydrogen-bond donors (Lipinski definition) is 0. The molecule has 2 nitrogen and oxygen atoms in total. The molecule has 8 heavy (non-hydrogen) atoms. The van der Waals surface area contributed by atoms with Crippen LogP contribution in [0.5, 0.6) is 0 Å². The van der Waals surface area contributed by atoms with E-state index in [1.165, 1.54) is 0 Å². The molecular weight excluding hydrogens is 283 g/mol. The Hall–Kier alpha value is 0.420. The molecule has 0 unspecified atom stereocenters. The van der Waals surface area contributed by atoms with E-state index in [0.29, 0.717) is 0 Å². The summed E-state index contributed by atoms with van der Waals surface area (Å²) in [6.45, 7) is 0. The number of rotatable bonds is 0. The van der Waals surface area contributed by atoms with E-state index >= 15 is 0 Å². The fraction of sp³-hybridized carbons (Fsp3) is 0.250. The van der Waals surface area contributed by atoms with E-state index in [-0.39, 0.29) is 0 Å². The summed E-state index contributed by atoms with van der Waals surface area (Å²) in [6.07, 6.45) is 1.81. The second kappa shape index (κ2) is 2.34. The SMILES string of the molecule is Cn1ncc(I)c1Br. The molecule has 1 rings (SSSR count). The van der Waals surface area contributed by atoms with Crippen LogP contribution in [0.15, 0.2) is 10.8 Å². The molecule has 0 atom stereocenters. The average Bonchev–Trinajstić information content (AvgIpc) is 1.98. The van der Waals surface area contributed by atoms with Crippen molar-refractivity contribution in [1.82, 2.24) is 9.78 Å². The second-order valence-corrected chi connectivity index (χ2v) is 3.32. The van der Waals surface area contributed by atoms with Crippen LogP contribution in [0, 0.1) is 3.57 Å². The van der Waals surface area contributed by atoms with Crippen molar-refractivity contribution in [3.05, 3.63) is 14.4 Å². The molecule has 0 bridgehead atoms. The topological polar surface area (TPSA) is 17.8 Å². The van der Waals surface area contributed by atoms with Crippen molar-refractivity contribution in [1.29, 1.82) is 0 Å². The normalized spacial score (nSPS) is 9.88. The summed E-state index contributed by atoms with van der Waals surface area (Å²) < 4.78 is 3.96. The highest BCUT2D eigenvalue weighted by Gasteiger charge is 1.97. The van der Waals surface area contributed by atoms with E-state index in [4.69, 9.17) is 0 Å². The molecule has 0 aliphatic carbocycles. The lowest BCUT2D eigenvalue weighted by molar-refractivity contribution is 0.749. The lowest BCUT2D eigenvalue weighted by Crippen LogP contribution is -1.88. The lowest BCUT2D eigenvalue weighted by Gasteiger charge is -1.87. The highest BCUT2D eigenvalue weighted by Crippen LogP contribution is 2.15. The molecule has 1 aromatic rings. The second-order valence-electron chi connectivity index (χ2n) is 1.41. The van der Waals surface area contributed by atoms with E-state index < -0.39 is 0 Å². The van der Waals surface area contributed by atoms with Crippen LogP contribution in [0.25, 0.3) is 0 Å². The van der Waals surface area contributed by atoms with Crippen LogP contribution in [0.1, 0.15) is 0 Å². The monoisotopic (exact) mass is 286 g/mol. The Bertz CT molecular complexity index is 176. The number of nitrogens with zero attached hydrogens (tertiary/aromatic N) is 2. The quantitative estimate of drug-likeness (QED) is 0.665. The van der Waals surface area contributed by atoms with Crippen LogP contribution >= 0.6 is 38.5 Å². The van der Waals surface area contributed by atoms with Crippen LogP contribution in [-0.4, -0.2) is 9.78 Å². The summed E-state index contributed by atoms with van der Waals surface area (Å²) in [5.74, 6) is 0. The molecule has 0 spiro atoms. The predicted molar refractivity (Wildman–Crippen MR) is 43.6 cm³/mol. The molecular formula is C4H4BrIN2. The van der Waals surface area contributed by atoms with Crippen molar-refractivity contribution in [3.63, 3.8) is 0 Å². The third-order valence-corrected chi connectivity index (χ3v) is 3.30. The molecule has 0 aliphatic rings. The molecule has 0 fully saturated rings. The van der Waals surface area contributed by atoms with E-state index in [0.717, 1.165) is 8.17 Å². The van der Waals surface area contributed by atoms with Gasteiger partial charge in [-0.15, -0.1) is 0 Å². The van der Waals surface area contributed by atoms with Crippen molar-refractivity contribution in [2.75, 3.05) is 0 Å². The molecule has 0 aliphatic heterocycles. The number of aryl methyl sites for hydroxylation is 1. The first-order valence-corrected chi connectivity index (χ1v) is 3.92. The fourth-order valence-electron chi connectivity index (χ4n) is 0.396. The summed E-state index contributed by atoms with van der Waals surface area (Å²) >= 11 is 5.56. The first-order chi connectivity index (χ1) is 3.72. The number of halogens is 2. The van der Waals surface area contributed by atoms with Gasteiger partial charge in [0.05, 0.1) is 9.77 Å². The van der Waals surface area contributed by atoms with Gasteiger partial charge in [0.25, 0.3) is 0 Å². The summed E-state index contributed by atoms with van der Waals surface area (Å²) in [6, 6.07) is 0. The van der Waals surface area contributed by atoms with E-state index in [1.807, 2.05) is 13.2 Å². The van der Waals surface area contributed by atoms with Crippen LogP contribution < -0.4 is 0 Å². The van der Waals surface area contributed by atoms with Crippen LogP contribution in [0.4, 0.5) is 0 Å². The van der Waals surface area contributed by atoms with Gasteiger partial charge in [-0.05, 0) is 38.5 Å². The third kappa shape index (κ3) is 1.05. The van der Waals surface area contributed by atoms with Crippen LogP contribution in [0.3, 0.4) is 0 Å². The van der Waals surface area contributed by atoms with Gasteiger partial charge in [-0.2, -0.15) is 5.10 Å². The maximum atomic E-state index is 3.98. The average molecular weight is 287 g/mol. The van der Waals surface area contributed by atoms with Gasteiger partial charge in [-0.1, -0.05) is 0 Å². The number of aromatic nitrogens is 2. The van der Waals surface area contributed by atoms with Crippen LogP contribution in [0.2, 0.25) is 0 Å². The van der Waals surface area contributed by atoms with Crippen molar-refractivity contribution in [2.45, 2.75) is 0 Å². The molecule has 0 N–H and O–H groups in total. The van der Waals surface area contributed by atoms with Gasteiger partial charge < -0.3 is 0 Å². The highest BCUT2D eigenvalue weighted by molar-refractivity contribution is 14.1. The van der Waals surface area contributed by atoms with Gasteiger partial charge in [0.15, 0.2) is 0 Å². The van der Waals surface area contributed by atoms with Gasteiger partial charge in [-0.25, -0.2) is 0 Å². The first-order valence-electron chi connectivity index (χ1n) is 2.05. The molecule has 0 saturated heterocycles. The molecule has 0 saturated carbocycles. The maximum absolute atomic E-state index is 3.98. The molecule has 0 radical (unpaired) electrons. The minimum Gasteiger partial charge on any atom is -0.260 e. The van der Waals surface area contributed by atoms with Gasteiger partial charge in [0.1, 0.15) is 4.60 Å². The Kier molecular flexibility index (Phi) is 1.92. The lowest BCUT2D eigenvalue weighted by atomic mass is 10.8. The fourth-order valence-corrected chi connectivity index (χ4v) is 1.06. The third-order valence-electron chi connectivity index (χ3n) is 0.825. The molecule has 0 amide bonds. The molecule has 1 aromatic heterocycles. The molecule has 0 aromatic carbocycles. The zero-order valence-corrected chi connectivity index (χ0v) is 7.97. The Balaban J connectivity index is 3.19. The first kappa shape index (κ1) is 6.54. The Morgan fingerprint density at radius 3 is 2.62 bits per heavy atom. The number of hydrogen-bond acceptors (Lipinski definition) is 1. The summed E-state index contributed by atoms with van der Waals surface area (Å²) in [5, 5.41) is 3.98. The van der Waals surface area contributed by atoms with Crippen molar-refractivity contribution in [2.24, 2.45) is 7.05 Å². The maximum Gasteiger partial charge on any atom is 0.117 e. The zero-order valence-electron chi connectivity index (χ0n) is 4.23. The van der Waals surface area contributed by atoms with Crippen molar-refractivity contribution >= 4 is 38.5 Å². The van der Waals surface area contributed by atoms with Gasteiger partial charge in [0.2, 0.25) is 0 Å². The van der Waals surface area contributed by atoms with E-state index in [2.05, 4.69) is 43.6 Å². The smallest absolute Gasteiger partial charge is 0.117 e. The van der Waals surface area contributed by atoms with Gasteiger partial charge in [-0.3, -0.25) is 4.68 Å². The summed E-state index contributed by atoms with van der Waals surface area (Å²) in [4.78, 5) is 0. The van der Waals surface area contributed by atoms with E-state index in [1.54, 1.807) is 4.68 Å². The molecule has 44 valence electrons. The summed E-state index contributed by atoms with van der Waals surface area (Å²) in [7, 11) is 1.90. The Morgan fingerprint density at radius 1 is 1.88 bits per heavy atom. The summed E-state index contributed by atoms with van der Waals surface area (Å²) in [5.41, 5.74) is 0. The predicted octanol–water partition coefficient (Wildman–Crippen LogP) is 1.79. The Labute approximate surface area is 69.5 Å². The zero-order chi connectivity index (χ0) is 6.15. The molecule has 1 heterocycles. The van der Waals surface area contributed by atoms with Crippen molar-refractivity contribution < 1.29 is 0 Å². The minimum atomic E-state index is 1.04. The molecule has 4 heteroatoms. The highest BCUT2D eigenvalue weighted by atomic mass is 127. The van der Waals surface area contributed by atoms with Gasteiger partial charge in [0, 0.05) is 7.05 Å². The minimum absolute atomic E-state index is 1.04. The van der Waals surface area contributed by atoms with Crippen molar-refractivity contribution in [3.8, 4) is 0 Å². The Morgan fingerprint density at radius 2 is 2.50 bits per heavy atom. The standard InChI is InChI=1S/C4H4BrIN2/c1-8-4(5)3(6)2-7-8/h2H,1H3.